The van der Waals surface area contributed by atoms with Crippen LogP contribution in [0.5, 0.6) is 0 Å². The van der Waals surface area contributed by atoms with Gasteiger partial charge >= 0.3 is 6.18 Å². The maximum atomic E-state index is 13.0. The highest BCUT2D eigenvalue weighted by Gasteiger charge is 2.32. The number of alkyl halides is 3. The van der Waals surface area contributed by atoms with E-state index < -0.39 is 49.7 Å². The van der Waals surface area contributed by atoms with Crippen LogP contribution in [0.4, 0.5) is 18.9 Å². The van der Waals surface area contributed by atoms with Crippen molar-refractivity contribution in [3.63, 3.8) is 0 Å². The summed E-state index contributed by atoms with van der Waals surface area (Å²) >= 11 is 2.13. The van der Waals surface area contributed by atoms with Gasteiger partial charge in [-0.3, -0.25) is 19.1 Å². The highest BCUT2D eigenvalue weighted by Crippen LogP contribution is 2.31. The molecule has 0 fully saturated rings. The van der Waals surface area contributed by atoms with Crippen molar-refractivity contribution in [2.75, 3.05) is 4.72 Å². The first-order valence-electron chi connectivity index (χ1n) is 10.5. The molecule has 3 aromatic rings. The number of nitrogens with one attached hydrogen (secondary N) is 2. The normalized spacial score (nSPS) is 13.6. The second-order valence-electron chi connectivity index (χ2n) is 7.95. The fourth-order valence-electron chi connectivity index (χ4n) is 3.53. The van der Waals surface area contributed by atoms with Crippen molar-refractivity contribution >= 4 is 55.8 Å². The quantitative estimate of drug-likeness (QED) is 0.299. The van der Waals surface area contributed by atoms with Gasteiger partial charge in [0.25, 0.3) is 15.9 Å². The van der Waals surface area contributed by atoms with Gasteiger partial charge in [0.1, 0.15) is 0 Å². The number of rotatable bonds is 6. The van der Waals surface area contributed by atoms with Gasteiger partial charge < -0.3 is 5.32 Å². The molecule has 2 N–H and O–H groups in total. The molecule has 12 heteroatoms. The Bertz CT molecular complexity index is 1570. The van der Waals surface area contributed by atoms with E-state index in [4.69, 9.17) is 0 Å². The SMILES string of the molecule is O=C(NCc1ccc(I)cc1)C1=CC(=O)c2ccc(S(=O)(=O)Nc3cccc(C(F)(F)F)c3)cc2C1=O. The predicted octanol–water partition coefficient (Wildman–Crippen LogP) is 4.73. The Balaban J connectivity index is 1.57. The minimum Gasteiger partial charge on any atom is -0.348 e. The first kappa shape index (κ1) is 26.5. The number of hydrogen-bond acceptors (Lipinski definition) is 5. The fraction of sp³-hybridized carbons (Fsp3) is 0.0800. The van der Waals surface area contributed by atoms with E-state index >= 15 is 0 Å². The van der Waals surface area contributed by atoms with E-state index in [0.717, 1.165) is 51.6 Å². The van der Waals surface area contributed by atoms with Gasteiger partial charge in [0.05, 0.1) is 16.0 Å². The number of amides is 1. The fourth-order valence-corrected chi connectivity index (χ4v) is 4.97. The monoisotopic (exact) mass is 640 g/mol. The van der Waals surface area contributed by atoms with E-state index in [0.29, 0.717) is 6.07 Å². The Labute approximate surface area is 223 Å². The van der Waals surface area contributed by atoms with Gasteiger partial charge in [-0.05, 0) is 76.7 Å². The summed E-state index contributed by atoms with van der Waals surface area (Å²) in [4.78, 5) is 37.8. The summed E-state index contributed by atoms with van der Waals surface area (Å²) in [6.45, 7) is 0.0940. The Hall–Kier alpha value is -3.52. The van der Waals surface area contributed by atoms with Crippen molar-refractivity contribution in [1.29, 1.82) is 0 Å². The third-order valence-electron chi connectivity index (χ3n) is 5.38. The highest BCUT2D eigenvalue weighted by molar-refractivity contribution is 14.1. The maximum absolute atomic E-state index is 13.0. The zero-order valence-corrected chi connectivity index (χ0v) is 21.6. The molecule has 1 amide bonds. The topological polar surface area (TPSA) is 109 Å². The van der Waals surface area contributed by atoms with Crippen LogP contribution >= 0.6 is 22.6 Å². The summed E-state index contributed by atoms with van der Waals surface area (Å²) in [6, 6.07) is 13.9. The number of halogens is 4. The molecule has 0 heterocycles. The molecule has 7 nitrogen and oxygen atoms in total. The first-order valence-corrected chi connectivity index (χ1v) is 13.1. The molecule has 1 aliphatic rings. The van der Waals surface area contributed by atoms with Crippen LogP contribution in [0.15, 0.2) is 83.3 Å². The summed E-state index contributed by atoms with van der Waals surface area (Å²) in [7, 11) is -4.44. The third kappa shape index (κ3) is 5.91. The summed E-state index contributed by atoms with van der Waals surface area (Å²) in [6.07, 6.45) is -3.79. The number of fused-ring (bicyclic) bond motifs is 1. The van der Waals surface area contributed by atoms with Crippen LogP contribution < -0.4 is 10.0 Å². The molecule has 0 aromatic heterocycles. The first-order chi connectivity index (χ1) is 17.3. The molecule has 0 aliphatic heterocycles. The Kier molecular flexibility index (Phi) is 7.24. The molecule has 1 aliphatic carbocycles. The number of sulfonamides is 1. The lowest BCUT2D eigenvalue weighted by atomic mass is 9.89. The molecule has 190 valence electrons. The minimum atomic E-state index is -4.68. The van der Waals surface area contributed by atoms with Gasteiger partial charge in [0.15, 0.2) is 11.6 Å². The lowest BCUT2D eigenvalue weighted by Gasteiger charge is -2.17. The summed E-state index contributed by atoms with van der Waals surface area (Å²) in [5.74, 6) is -2.33. The van der Waals surface area contributed by atoms with Crippen LogP contribution in [0.2, 0.25) is 0 Å². The molecule has 0 spiro atoms. The maximum Gasteiger partial charge on any atom is 0.416 e. The smallest absolute Gasteiger partial charge is 0.348 e. The summed E-state index contributed by atoms with van der Waals surface area (Å²) in [5, 5.41) is 2.56. The lowest BCUT2D eigenvalue weighted by Crippen LogP contribution is -2.31. The van der Waals surface area contributed by atoms with Crippen LogP contribution in [0.1, 0.15) is 31.8 Å². The van der Waals surface area contributed by atoms with Crippen molar-refractivity contribution in [3.05, 3.63) is 104 Å². The zero-order chi connectivity index (χ0) is 27.0. The van der Waals surface area contributed by atoms with Crippen molar-refractivity contribution in [2.45, 2.75) is 17.6 Å². The molecule has 3 aromatic carbocycles. The van der Waals surface area contributed by atoms with E-state index in [1.807, 2.05) is 16.9 Å². The van der Waals surface area contributed by atoms with Gasteiger partial charge in [0, 0.05) is 33.0 Å². The van der Waals surface area contributed by atoms with Gasteiger partial charge in [-0.15, -0.1) is 0 Å². The number of carbonyl (C=O) groups is 3. The van der Waals surface area contributed by atoms with E-state index in [-0.39, 0.29) is 23.4 Å². The molecule has 0 saturated carbocycles. The second-order valence-corrected chi connectivity index (χ2v) is 10.9. The lowest BCUT2D eigenvalue weighted by molar-refractivity contribution is -0.137. The molecular formula is C25H16F3IN2O5S. The third-order valence-corrected chi connectivity index (χ3v) is 7.48. The molecule has 0 unspecified atom stereocenters. The summed E-state index contributed by atoms with van der Waals surface area (Å²) in [5.41, 5.74) is -1.49. The van der Waals surface area contributed by atoms with Gasteiger partial charge in [-0.2, -0.15) is 13.2 Å². The van der Waals surface area contributed by atoms with E-state index in [9.17, 15) is 36.0 Å². The predicted molar refractivity (Wildman–Crippen MR) is 136 cm³/mol. The minimum absolute atomic E-state index is 0.0940. The largest absolute Gasteiger partial charge is 0.416 e. The van der Waals surface area contributed by atoms with E-state index in [1.165, 1.54) is 0 Å². The van der Waals surface area contributed by atoms with Crippen molar-refractivity contribution in [2.24, 2.45) is 0 Å². The van der Waals surface area contributed by atoms with Crippen molar-refractivity contribution in [1.82, 2.24) is 5.32 Å². The zero-order valence-electron chi connectivity index (χ0n) is 18.6. The van der Waals surface area contributed by atoms with Gasteiger partial charge in [0.2, 0.25) is 0 Å². The van der Waals surface area contributed by atoms with Crippen LogP contribution in [0, 0.1) is 3.57 Å². The number of benzene rings is 3. The summed E-state index contributed by atoms with van der Waals surface area (Å²) < 4.78 is 67.7. The Morgan fingerprint density at radius 2 is 1.62 bits per heavy atom. The average molecular weight is 640 g/mol. The Morgan fingerprint density at radius 3 is 2.30 bits per heavy atom. The van der Waals surface area contributed by atoms with Crippen LogP contribution in [0.3, 0.4) is 0 Å². The molecule has 37 heavy (non-hydrogen) atoms. The van der Waals surface area contributed by atoms with Crippen LogP contribution in [0.25, 0.3) is 0 Å². The average Bonchev–Trinajstić information content (AvgIpc) is 2.84. The van der Waals surface area contributed by atoms with Crippen LogP contribution in [-0.2, 0) is 27.5 Å². The molecule has 0 bridgehead atoms. The van der Waals surface area contributed by atoms with E-state index in [2.05, 4.69) is 27.9 Å². The second kappa shape index (κ2) is 10.1. The van der Waals surface area contributed by atoms with Crippen LogP contribution in [-0.4, -0.2) is 25.9 Å². The van der Waals surface area contributed by atoms with Crippen molar-refractivity contribution < 1.29 is 36.0 Å². The number of hydrogen-bond donors (Lipinski definition) is 2. The number of ketones is 2. The highest BCUT2D eigenvalue weighted by atomic mass is 127. The molecule has 0 saturated heterocycles. The van der Waals surface area contributed by atoms with Gasteiger partial charge in [-0.1, -0.05) is 18.2 Å². The molecular weight excluding hydrogens is 624 g/mol. The van der Waals surface area contributed by atoms with Gasteiger partial charge in [-0.25, -0.2) is 8.42 Å². The molecule has 0 radical (unpaired) electrons. The Morgan fingerprint density at radius 1 is 0.919 bits per heavy atom. The molecule has 4 rings (SSSR count). The van der Waals surface area contributed by atoms with Crippen molar-refractivity contribution in [3.8, 4) is 0 Å². The number of anilines is 1. The standard InChI is InChI=1S/C25H16F3IN2O5S/c26-25(27,28)15-2-1-3-17(10-15)31-37(35,36)18-8-9-19-20(11-18)23(33)21(12-22(19)32)24(34)30-13-14-4-6-16(29)7-5-14/h1-12,31H,13H2,(H,30,34). The molecule has 0 atom stereocenters. The number of Topliss-reactive ketones (excluding diaryl/α,β-unsaturated/α-hetero) is 1. The number of allylic oxidation sites excluding steroid dienone is 1. The number of carbonyl (C=O) groups excluding carboxylic acids is 3. The van der Waals surface area contributed by atoms with E-state index in [1.54, 1.807) is 12.1 Å².